The average molecular weight is 604 g/mol. The van der Waals surface area contributed by atoms with Gasteiger partial charge in [0.15, 0.2) is 5.84 Å². The van der Waals surface area contributed by atoms with E-state index in [1.807, 2.05) is 25.3 Å². The Morgan fingerprint density at radius 1 is 0.468 bits per heavy atom. The van der Waals surface area contributed by atoms with E-state index in [1.54, 1.807) is 6.20 Å². The summed E-state index contributed by atoms with van der Waals surface area (Å²) in [5.41, 5.74) is 11.1. The van der Waals surface area contributed by atoms with E-state index in [1.165, 1.54) is 16.3 Å². The van der Waals surface area contributed by atoms with Gasteiger partial charge in [-0.1, -0.05) is 140 Å². The first-order valence-corrected chi connectivity index (χ1v) is 15.7. The van der Waals surface area contributed by atoms with Crippen LogP contribution in [0, 0.1) is 0 Å². The van der Waals surface area contributed by atoms with Crippen molar-refractivity contribution in [3.8, 4) is 33.4 Å². The van der Waals surface area contributed by atoms with Crippen LogP contribution in [0.2, 0.25) is 0 Å². The Morgan fingerprint density at radius 3 is 1.83 bits per heavy atom. The van der Waals surface area contributed by atoms with Gasteiger partial charge in [-0.15, -0.1) is 0 Å². The van der Waals surface area contributed by atoms with Gasteiger partial charge in [-0.05, 0) is 86.5 Å². The van der Waals surface area contributed by atoms with Gasteiger partial charge in [-0.3, -0.25) is 4.98 Å². The Balaban J connectivity index is 1.28. The Hall–Kier alpha value is -6.19. The van der Waals surface area contributed by atoms with E-state index in [2.05, 4.69) is 157 Å². The number of aliphatic imine (C=N–C) groups is 2. The van der Waals surface area contributed by atoms with E-state index in [-0.39, 0.29) is 0 Å². The van der Waals surface area contributed by atoms with Crippen molar-refractivity contribution in [1.82, 2.24) is 4.98 Å². The molecule has 0 amide bonds. The summed E-state index contributed by atoms with van der Waals surface area (Å²) in [7, 11) is 0. The monoisotopic (exact) mass is 603 g/mol. The van der Waals surface area contributed by atoms with Crippen LogP contribution in [0.1, 0.15) is 23.6 Å². The molecule has 224 valence electrons. The number of benzene rings is 6. The molecule has 0 radical (unpaired) electrons. The highest BCUT2D eigenvalue weighted by atomic mass is 14.9. The summed E-state index contributed by atoms with van der Waals surface area (Å²) >= 11 is 0. The Bertz CT molecular complexity index is 2250. The lowest BCUT2D eigenvalue weighted by atomic mass is 9.99. The average Bonchev–Trinajstić information content (AvgIpc) is 3.15. The summed E-state index contributed by atoms with van der Waals surface area (Å²) in [4.78, 5) is 14.5. The van der Waals surface area contributed by atoms with E-state index in [0.717, 1.165) is 50.2 Å². The Morgan fingerprint density at radius 2 is 1.06 bits per heavy atom. The van der Waals surface area contributed by atoms with E-state index < -0.39 is 0 Å². The summed E-state index contributed by atoms with van der Waals surface area (Å²) in [5.74, 6) is 0.608. The van der Waals surface area contributed by atoms with Crippen molar-refractivity contribution in [2.75, 3.05) is 0 Å². The largest absolute Gasteiger partial charge is 0.264 e. The second kappa shape index (κ2) is 13.4. The lowest BCUT2D eigenvalue weighted by molar-refractivity contribution is 1.33. The normalized spacial score (nSPS) is 11.9. The van der Waals surface area contributed by atoms with Crippen molar-refractivity contribution >= 4 is 28.0 Å². The van der Waals surface area contributed by atoms with Crippen molar-refractivity contribution < 1.29 is 0 Å². The third-order valence-corrected chi connectivity index (χ3v) is 8.32. The predicted molar refractivity (Wildman–Crippen MR) is 199 cm³/mol. The molecule has 0 aliphatic carbocycles. The highest BCUT2D eigenvalue weighted by Gasteiger charge is 2.11. The number of rotatable bonds is 7. The molecule has 0 spiro atoms. The molecule has 0 aliphatic rings. The van der Waals surface area contributed by atoms with Crippen molar-refractivity contribution in [2.24, 2.45) is 9.98 Å². The van der Waals surface area contributed by atoms with Crippen LogP contribution in [-0.2, 0) is 0 Å². The molecule has 1 aromatic heterocycles. The van der Waals surface area contributed by atoms with Gasteiger partial charge in [0.25, 0.3) is 0 Å². The number of pyridine rings is 1. The lowest BCUT2D eigenvalue weighted by Gasteiger charge is -2.11. The highest BCUT2D eigenvalue weighted by Crippen LogP contribution is 2.28. The highest BCUT2D eigenvalue weighted by molar-refractivity contribution is 6.13. The molecule has 47 heavy (non-hydrogen) atoms. The number of amidine groups is 1. The van der Waals surface area contributed by atoms with Crippen LogP contribution in [0.4, 0.5) is 0 Å². The minimum absolute atomic E-state index is 0.608. The van der Waals surface area contributed by atoms with Crippen LogP contribution >= 0.6 is 0 Å². The zero-order valence-electron chi connectivity index (χ0n) is 26.2. The molecule has 0 saturated heterocycles. The van der Waals surface area contributed by atoms with Gasteiger partial charge >= 0.3 is 0 Å². The first-order chi connectivity index (χ1) is 23.1. The van der Waals surface area contributed by atoms with Gasteiger partial charge in [-0.25, -0.2) is 9.98 Å². The van der Waals surface area contributed by atoms with Crippen molar-refractivity contribution in [2.45, 2.75) is 6.92 Å². The van der Waals surface area contributed by atoms with Crippen molar-refractivity contribution in [3.63, 3.8) is 0 Å². The third kappa shape index (κ3) is 6.75. The number of hydrogen-bond acceptors (Lipinski definition) is 2. The molecule has 0 aliphatic heterocycles. The van der Waals surface area contributed by atoms with Crippen molar-refractivity contribution in [1.29, 1.82) is 0 Å². The molecular formula is C44H33N3. The second-order valence-corrected chi connectivity index (χ2v) is 11.5. The van der Waals surface area contributed by atoms with Gasteiger partial charge < -0.3 is 0 Å². The predicted octanol–water partition coefficient (Wildman–Crippen LogP) is 11.2. The van der Waals surface area contributed by atoms with Gasteiger partial charge in [0, 0.05) is 23.7 Å². The smallest absolute Gasteiger partial charge is 0.160 e. The molecular weight excluding hydrogens is 571 g/mol. The van der Waals surface area contributed by atoms with E-state index in [4.69, 9.17) is 9.98 Å². The van der Waals surface area contributed by atoms with E-state index in [0.29, 0.717) is 11.5 Å². The summed E-state index contributed by atoms with van der Waals surface area (Å²) < 4.78 is 0. The molecule has 3 nitrogen and oxygen atoms in total. The fraction of sp³-hybridized carbons (Fsp3) is 0.0227. The van der Waals surface area contributed by atoms with Gasteiger partial charge in [0.1, 0.15) is 0 Å². The number of nitrogens with zero attached hydrogens (tertiary/aromatic N) is 3. The fourth-order valence-corrected chi connectivity index (χ4v) is 5.72. The molecule has 0 atom stereocenters. The topological polar surface area (TPSA) is 37.6 Å². The SMILES string of the molecule is C=C(N=C(N=C(C)c1cccc(-c2ccccc2)c1)c1cccc(-c2ccc3ccccc3c2)c1)c1ccc(-c2cccnc2)cc1. The Kier molecular flexibility index (Phi) is 8.44. The Labute approximate surface area is 276 Å². The van der Waals surface area contributed by atoms with Gasteiger partial charge in [-0.2, -0.15) is 0 Å². The number of hydrogen-bond donors (Lipinski definition) is 0. The molecule has 0 bridgehead atoms. The summed E-state index contributed by atoms with van der Waals surface area (Å²) in [6, 6.07) is 54.6. The number of aromatic nitrogens is 1. The minimum atomic E-state index is 0.608. The van der Waals surface area contributed by atoms with E-state index in [9.17, 15) is 0 Å². The zero-order valence-corrected chi connectivity index (χ0v) is 26.2. The third-order valence-electron chi connectivity index (χ3n) is 8.32. The quantitative estimate of drug-likeness (QED) is 0.132. The molecule has 7 rings (SSSR count). The van der Waals surface area contributed by atoms with Crippen LogP contribution < -0.4 is 0 Å². The maximum Gasteiger partial charge on any atom is 0.160 e. The second-order valence-electron chi connectivity index (χ2n) is 11.5. The maximum atomic E-state index is 5.16. The van der Waals surface area contributed by atoms with Gasteiger partial charge in [0.2, 0.25) is 0 Å². The molecule has 0 N–H and O–H groups in total. The molecule has 0 fully saturated rings. The standard InChI is InChI=1S/C44H33N3/c1-31(33-20-22-36(23-21-33)43-19-10-26-45-30-43)46-44(47-32(2)37-15-8-16-39(27-37)34-11-4-3-5-12-34)42-18-9-17-40(29-42)41-25-24-35-13-6-7-14-38(35)28-41/h3-30H,1H2,2H3. The van der Waals surface area contributed by atoms with Crippen molar-refractivity contribution in [3.05, 3.63) is 193 Å². The first-order valence-electron chi connectivity index (χ1n) is 15.7. The van der Waals surface area contributed by atoms with Gasteiger partial charge in [0.05, 0.1) is 5.70 Å². The zero-order chi connectivity index (χ0) is 32.0. The summed E-state index contributed by atoms with van der Waals surface area (Å²) in [5, 5.41) is 2.43. The molecule has 7 aromatic rings. The van der Waals surface area contributed by atoms with Crippen LogP contribution in [0.25, 0.3) is 49.9 Å². The maximum absolute atomic E-state index is 5.16. The van der Waals surface area contributed by atoms with E-state index >= 15 is 0 Å². The van der Waals surface area contributed by atoms with Crippen LogP contribution in [0.3, 0.4) is 0 Å². The van der Waals surface area contributed by atoms with Crippen LogP contribution in [0.15, 0.2) is 187 Å². The fourth-order valence-electron chi connectivity index (χ4n) is 5.72. The van der Waals surface area contributed by atoms with Crippen LogP contribution in [0.5, 0.6) is 0 Å². The van der Waals surface area contributed by atoms with Crippen LogP contribution in [-0.4, -0.2) is 16.5 Å². The first kappa shape index (κ1) is 29.5. The molecule has 1 heterocycles. The molecule has 3 heteroatoms. The molecule has 0 unspecified atom stereocenters. The summed E-state index contributed by atoms with van der Waals surface area (Å²) in [6.45, 7) is 6.41. The number of fused-ring (bicyclic) bond motifs is 1. The summed E-state index contributed by atoms with van der Waals surface area (Å²) in [6.07, 6.45) is 3.65. The minimum Gasteiger partial charge on any atom is -0.264 e. The molecule has 6 aromatic carbocycles. The lowest BCUT2D eigenvalue weighted by Crippen LogP contribution is -2.05. The molecule has 0 saturated carbocycles.